The smallest absolute Gasteiger partial charge is 0.290 e. The number of rotatable bonds is 7. The summed E-state index contributed by atoms with van der Waals surface area (Å²) in [5, 5.41) is 4.51. The Bertz CT molecular complexity index is 1010. The molecule has 0 aliphatic heterocycles. The first kappa shape index (κ1) is 19.9. The Morgan fingerprint density at radius 2 is 1.76 bits per heavy atom. The van der Waals surface area contributed by atoms with Gasteiger partial charge in [0.2, 0.25) is 10.0 Å². The van der Waals surface area contributed by atoms with E-state index in [1.165, 1.54) is 12.1 Å². The van der Waals surface area contributed by atoms with Gasteiger partial charge in [-0.1, -0.05) is 0 Å². The molecule has 2 aromatic rings. The summed E-state index contributed by atoms with van der Waals surface area (Å²) >= 11 is 0. The number of hydrogen-bond donors (Lipinski definition) is 3. The lowest BCUT2D eigenvalue weighted by atomic mass is 10.1. The van der Waals surface area contributed by atoms with Gasteiger partial charge >= 0.3 is 0 Å². The predicted octanol–water partition coefficient (Wildman–Crippen LogP) is 2.71. The highest BCUT2D eigenvalue weighted by Gasteiger charge is 2.32. The lowest BCUT2D eigenvalue weighted by Gasteiger charge is -2.22. The van der Waals surface area contributed by atoms with E-state index in [1.807, 2.05) is 10.7 Å². The van der Waals surface area contributed by atoms with Gasteiger partial charge in [-0.25, -0.2) is 13.1 Å². The van der Waals surface area contributed by atoms with Crippen molar-refractivity contribution in [3.05, 3.63) is 41.7 Å². The van der Waals surface area contributed by atoms with Crippen molar-refractivity contribution in [3.63, 3.8) is 0 Å². The third kappa shape index (κ3) is 4.62. The summed E-state index contributed by atoms with van der Waals surface area (Å²) < 4.78 is 29.0. The van der Waals surface area contributed by atoms with Crippen molar-refractivity contribution in [3.8, 4) is 0 Å². The molecule has 1 heterocycles. The van der Waals surface area contributed by atoms with Crippen LogP contribution in [0.1, 0.15) is 68.6 Å². The van der Waals surface area contributed by atoms with Crippen LogP contribution in [0.5, 0.6) is 0 Å². The maximum Gasteiger partial charge on any atom is 0.290 e. The highest BCUT2D eigenvalue weighted by atomic mass is 32.2. The molecule has 8 nitrogen and oxygen atoms in total. The lowest BCUT2D eigenvalue weighted by molar-refractivity contribution is 0.0956. The Hall–Kier alpha value is -2.39. The van der Waals surface area contributed by atoms with E-state index in [0.29, 0.717) is 17.3 Å². The van der Waals surface area contributed by atoms with Crippen molar-refractivity contribution in [1.29, 1.82) is 0 Å². The standard InChI is InChI=1S/C20H27N5O3S/c1-20(2,3)25-18(13-4-5-13)12-17(23-25)19(26)22-21-14-8-10-16(11-9-14)29(27,28)24-15-6-7-15/h8-13,15,21,24H,4-7H2,1-3H3,(H,22,26). The minimum Gasteiger partial charge on any atom is -0.298 e. The van der Waals surface area contributed by atoms with E-state index in [2.05, 4.69) is 41.4 Å². The fourth-order valence-electron chi connectivity index (χ4n) is 3.11. The van der Waals surface area contributed by atoms with Crippen molar-refractivity contribution in [1.82, 2.24) is 19.9 Å². The monoisotopic (exact) mass is 417 g/mol. The van der Waals surface area contributed by atoms with Crippen LogP contribution in [0.4, 0.5) is 5.69 Å². The van der Waals surface area contributed by atoms with E-state index >= 15 is 0 Å². The van der Waals surface area contributed by atoms with Crippen molar-refractivity contribution < 1.29 is 13.2 Å². The molecule has 3 N–H and O–H groups in total. The number of amides is 1. The summed E-state index contributed by atoms with van der Waals surface area (Å²) in [6.07, 6.45) is 4.04. The molecule has 1 aromatic carbocycles. The number of carbonyl (C=O) groups excluding carboxylic acids is 1. The van der Waals surface area contributed by atoms with Crippen LogP contribution in [-0.4, -0.2) is 30.1 Å². The number of aromatic nitrogens is 2. The maximum absolute atomic E-state index is 12.6. The average molecular weight is 418 g/mol. The summed E-state index contributed by atoms with van der Waals surface area (Å²) in [4.78, 5) is 12.8. The molecule has 2 aliphatic rings. The molecule has 9 heteroatoms. The van der Waals surface area contributed by atoms with E-state index in [1.54, 1.807) is 12.1 Å². The second-order valence-corrected chi connectivity index (χ2v) is 10.5. The van der Waals surface area contributed by atoms with Crippen LogP contribution in [0.3, 0.4) is 0 Å². The van der Waals surface area contributed by atoms with E-state index in [-0.39, 0.29) is 22.4 Å². The summed E-state index contributed by atoms with van der Waals surface area (Å²) in [7, 11) is -3.48. The molecule has 0 bridgehead atoms. The first-order chi connectivity index (χ1) is 13.6. The van der Waals surface area contributed by atoms with E-state index in [4.69, 9.17) is 0 Å². The summed E-state index contributed by atoms with van der Waals surface area (Å²) in [6.45, 7) is 6.21. The first-order valence-corrected chi connectivity index (χ1v) is 11.4. The van der Waals surface area contributed by atoms with Crippen LogP contribution >= 0.6 is 0 Å². The summed E-state index contributed by atoms with van der Waals surface area (Å²) in [5.41, 5.74) is 7.31. The van der Waals surface area contributed by atoms with Crippen LogP contribution in [-0.2, 0) is 15.6 Å². The van der Waals surface area contributed by atoms with Crippen LogP contribution in [0.15, 0.2) is 35.2 Å². The number of anilines is 1. The van der Waals surface area contributed by atoms with Gasteiger partial charge in [0.25, 0.3) is 5.91 Å². The molecule has 1 amide bonds. The molecular weight excluding hydrogens is 390 g/mol. The zero-order chi connectivity index (χ0) is 20.8. The van der Waals surface area contributed by atoms with Gasteiger partial charge in [-0.15, -0.1) is 0 Å². The molecule has 4 rings (SSSR count). The minimum absolute atomic E-state index is 0.0607. The zero-order valence-electron chi connectivity index (χ0n) is 16.9. The molecule has 0 spiro atoms. The fourth-order valence-corrected chi connectivity index (χ4v) is 4.42. The molecule has 0 atom stereocenters. The largest absolute Gasteiger partial charge is 0.298 e. The molecule has 2 fully saturated rings. The molecule has 2 aliphatic carbocycles. The first-order valence-electron chi connectivity index (χ1n) is 9.93. The summed E-state index contributed by atoms with van der Waals surface area (Å²) in [5.74, 6) is 0.150. The normalized spacial score (nSPS) is 17.2. The van der Waals surface area contributed by atoms with Crippen LogP contribution in [0, 0.1) is 0 Å². The molecule has 29 heavy (non-hydrogen) atoms. The molecule has 0 radical (unpaired) electrons. The number of nitrogens with zero attached hydrogens (tertiary/aromatic N) is 2. The van der Waals surface area contributed by atoms with Crippen LogP contribution in [0.25, 0.3) is 0 Å². The topological polar surface area (TPSA) is 105 Å². The van der Waals surface area contributed by atoms with Gasteiger partial charge in [0, 0.05) is 17.7 Å². The van der Waals surface area contributed by atoms with Crippen molar-refractivity contribution >= 4 is 21.6 Å². The van der Waals surface area contributed by atoms with E-state index in [0.717, 1.165) is 31.4 Å². The molecule has 156 valence electrons. The highest BCUT2D eigenvalue weighted by molar-refractivity contribution is 7.89. The minimum atomic E-state index is -3.48. The Kier molecular flexibility index (Phi) is 4.90. The quantitative estimate of drug-likeness (QED) is 0.601. The Balaban J connectivity index is 1.41. The molecule has 0 unspecified atom stereocenters. The Morgan fingerprint density at radius 1 is 1.10 bits per heavy atom. The fraction of sp³-hybridized carbons (Fsp3) is 0.500. The van der Waals surface area contributed by atoms with Crippen molar-refractivity contribution in [2.45, 2.75) is 68.8 Å². The predicted molar refractivity (Wildman–Crippen MR) is 110 cm³/mol. The number of benzene rings is 1. The van der Waals surface area contributed by atoms with Crippen molar-refractivity contribution in [2.24, 2.45) is 0 Å². The number of hydrazine groups is 1. The molecular formula is C20H27N5O3S. The van der Waals surface area contributed by atoms with Gasteiger partial charge in [-0.3, -0.25) is 20.3 Å². The van der Waals surface area contributed by atoms with Gasteiger partial charge in [0.15, 0.2) is 5.69 Å². The van der Waals surface area contributed by atoms with Gasteiger partial charge in [-0.2, -0.15) is 5.10 Å². The SMILES string of the molecule is CC(C)(C)n1nc(C(=O)NNc2ccc(S(=O)(=O)NC3CC3)cc2)cc1C1CC1. The van der Waals surface area contributed by atoms with Gasteiger partial charge in [-0.05, 0) is 76.8 Å². The Labute approximate surface area is 171 Å². The number of nitrogens with one attached hydrogen (secondary N) is 3. The maximum atomic E-state index is 12.6. The van der Waals surface area contributed by atoms with Gasteiger partial charge in [0.05, 0.1) is 16.1 Å². The highest BCUT2D eigenvalue weighted by Crippen LogP contribution is 2.41. The molecule has 0 saturated heterocycles. The molecule has 2 saturated carbocycles. The molecule has 1 aromatic heterocycles. The average Bonchev–Trinajstić information content (AvgIpc) is 3.59. The van der Waals surface area contributed by atoms with Gasteiger partial charge in [0.1, 0.15) is 0 Å². The zero-order valence-corrected chi connectivity index (χ0v) is 17.7. The second kappa shape index (κ2) is 7.14. The van der Waals surface area contributed by atoms with Crippen LogP contribution < -0.4 is 15.6 Å². The van der Waals surface area contributed by atoms with Gasteiger partial charge < -0.3 is 0 Å². The van der Waals surface area contributed by atoms with Crippen LogP contribution in [0.2, 0.25) is 0 Å². The number of carbonyl (C=O) groups is 1. The van der Waals surface area contributed by atoms with Crippen molar-refractivity contribution in [2.75, 3.05) is 5.43 Å². The third-order valence-corrected chi connectivity index (χ3v) is 6.52. The Morgan fingerprint density at radius 3 is 2.31 bits per heavy atom. The third-order valence-electron chi connectivity index (χ3n) is 4.98. The summed E-state index contributed by atoms with van der Waals surface area (Å²) in [6, 6.07) is 8.18. The number of hydrogen-bond acceptors (Lipinski definition) is 5. The van der Waals surface area contributed by atoms with E-state index < -0.39 is 10.0 Å². The second-order valence-electron chi connectivity index (χ2n) is 8.81. The lowest BCUT2D eigenvalue weighted by Crippen LogP contribution is -2.31. The number of sulfonamides is 1. The van der Waals surface area contributed by atoms with E-state index in [9.17, 15) is 13.2 Å².